The van der Waals surface area contributed by atoms with E-state index in [1.165, 1.54) is 30.3 Å². The maximum Gasteiger partial charge on any atom is 0.387 e. The molecule has 20 heavy (non-hydrogen) atoms. The molecule has 0 radical (unpaired) electrons. The molecule has 104 valence electrons. The van der Waals surface area contributed by atoms with Gasteiger partial charge in [-0.25, -0.2) is 14.8 Å². The van der Waals surface area contributed by atoms with Crippen molar-refractivity contribution in [2.75, 3.05) is 0 Å². The molecule has 0 bridgehead atoms. The molecule has 7 heteroatoms. The maximum atomic E-state index is 12.0. The highest BCUT2D eigenvalue weighted by atomic mass is 19.3. The number of aromatic nitrogens is 2. The van der Waals surface area contributed by atoms with E-state index >= 15 is 0 Å². The van der Waals surface area contributed by atoms with Gasteiger partial charge in [0.2, 0.25) is 0 Å². The maximum absolute atomic E-state index is 12.0. The first-order chi connectivity index (χ1) is 9.45. The second-order valence-electron chi connectivity index (χ2n) is 3.93. The average Bonchev–Trinajstić information content (AvgIpc) is 2.38. The van der Waals surface area contributed by atoms with Crippen LogP contribution in [0, 0.1) is 6.92 Å². The molecule has 0 spiro atoms. The van der Waals surface area contributed by atoms with Crippen molar-refractivity contribution in [3.05, 3.63) is 41.7 Å². The molecule has 1 heterocycles. The van der Waals surface area contributed by atoms with Gasteiger partial charge in [-0.3, -0.25) is 0 Å². The van der Waals surface area contributed by atoms with Crippen LogP contribution in [-0.4, -0.2) is 27.7 Å². The van der Waals surface area contributed by atoms with Crippen molar-refractivity contribution >= 4 is 5.97 Å². The molecular weight excluding hydrogens is 270 g/mol. The molecule has 1 aromatic carbocycles. The summed E-state index contributed by atoms with van der Waals surface area (Å²) >= 11 is 0. The van der Waals surface area contributed by atoms with Gasteiger partial charge in [-0.1, -0.05) is 0 Å². The zero-order valence-corrected chi connectivity index (χ0v) is 10.4. The standard InChI is InChI=1S/C13H10F2N2O3/c1-7-6-10(12(18)19)17-11(16-7)8-2-4-9(5-3-8)20-13(14)15/h2-6,13H,1H3,(H,18,19). The fourth-order valence-corrected chi connectivity index (χ4v) is 1.59. The third-order valence-electron chi connectivity index (χ3n) is 2.41. The van der Waals surface area contributed by atoms with Crippen molar-refractivity contribution in [2.24, 2.45) is 0 Å². The highest BCUT2D eigenvalue weighted by molar-refractivity contribution is 5.86. The molecule has 0 unspecified atom stereocenters. The average molecular weight is 280 g/mol. The number of carbonyl (C=O) groups is 1. The molecule has 0 amide bonds. The number of rotatable bonds is 4. The Kier molecular flexibility index (Phi) is 3.88. The first-order valence-electron chi connectivity index (χ1n) is 5.60. The van der Waals surface area contributed by atoms with Gasteiger partial charge in [0.05, 0.1) is 0 Å². The number of aryl methyl sites for hydroxylation is 1. The van der Waals surface area contributed by atoms with Gasteiger partial charge in [0.1, 0.15) is 5.75 Å². The SMILES string of the molecule is Cc1cc(C(=O)O)nc(-c2ccc(OC(F)F)cc2)n1. The van der Waals surface area contributed by atoms with Gasteiger partial charge in [0, 0.05) is 11.3 Å². The lowest BCUT2D eigenvalue weighted by Gasteiger charge is -2.06. The summed E-state index contributed by atoms with van der Waals surface area (Å²) in [7, 11) is 0. The third kappa shape index (κ3) is 3.25. The van der Waals surface area contributed by atoms with Gasteiger partial charge >= 0.3 is 12.6 Å². The number of nitrogens with zero attached hydrogens (tertiary/aromatic N) is 2. The molecule has 1 N–H and O–H groups in total. The summed E-state index contributed by atoms with van der Waals surface area (Å²) in [5.74, 6) is -0.935. The minimum Gasteiger partial charge on any atom is -0.477 e. The third-order valence-corrected chi connectivity index (χ3v) is 2.41. The Bertz CT molecular complexity index is 630. The molecule has 0 fully saturated rings. The Hall–Kier alpha value is -2.57. The fourth-order valence-electron chi connectivity index (χ4n) is 1.59. The van der Waals surface area contributed by atoms with Crippen molar-refractivity contribution in [3.63, 3.8) is 0 Å². The monoisotopic (exact) mass is 280 g/mol. The summed E-state index contributed by atoms with van der Waals surface area (Å²) in [6.07, 6.45) is 0. The van der Waals surface area contributed by atoms with Gasteiger partial charge in [0.25, 0.3) is 0 Å². The fraction of sp³-hybridized carbons (Fsp3) is 0.154. The number of alkyl halides is 2. The number of ether oxygens (including phenoxy) is 1. The number of hydrogen-bond acceptors (Lipinski definition) is 4. The lowest BCUT2D eigenvalue weighted by molar-refractivity contribution is -0.0498. The minimum atomic E-state index is -2.89. The minimum absolute atomic E-state index is 0.00913. The molecule has 1 aromatic heterocycles. The van der Waals surface area contributed by atoms with Crippen LogP contribution in [-0.2, 0) is 0 Å². The van der Waals surface area contributed by atoms with Gasteiger partial charge in [-0.15, -0.1) is 0 Å². The number of aromatic carboxylic acids is 1. The van der Waals surface area contributed by atoms with Gasteiger partial charge < -0.3 is 9.84 Å². The quantitative estimate of drug-likeness (QED) is 0.932. The van der Waals surface area contributed by atoms with Gasteiger partial charge in [-0.05, 0) is 37.3 Å². The zero-order chi connectivity index (χ0) is 14.7. The lowest BCUT2D eigenvalue weighted by atomic mass is 10.2. The number of carboxylic acid groups (broad SMARTS) is 1. The van der Waals surface area contributed by atoms with Crippen LogP contribution in [0.25, 0.3) is 11.4 Å². The van der Waals surface area contributed by atoms with Gasteiger partial charge in [0.15, 0.2) is 11.5 Å². The Morgan fingerprint density at radius 2 is 1.90 bits per heavy atom. The Morgan fingerprint density at radius 3 is 2.45 bits per heavy atom. The predicted molar refractivity (Wildman–Crippen MR) is 65.8 cm³/mol. The number of benzene rings is 1. The van der Waals surface area contributed by atoms with E-state index in [-0.39, 0.29) is 17.3 Å². The van der Waals surface area contributed by atoms with Crippen molar-refractivity contribution in [1.29, 1.82) is 0 Å². The van der Waals surface area contributed by atoms with E-state index in [1.54, 1.807) is 6.92 Å². The normalized spacial score (nSPS) is 10.6. The molecule has 2 aromatic rings. The van der Waals surface area contributed by atoms with E-state index in [4.69, 9.17) is 5.11 Å². The molecule has 0 saturated carbocycles. The number of carboxylic acids is 1. The second kappa shape index (κ2) is 5.60. The van der Waals surface area contributed by atoms with Crippen molar-refractivity contribution in [2.45, 2.75) is 13.5 Å². The molecule has 0 aliphatic carbocycles. The molecule has 5 nitrogen and oxygen atoms in total. The van der Waals surface area contributed by atoms with Crippen molar-refractivity contribution < 1.29 is 23.4 Å². The molecule has 0 saturated heterocycles. The van der Waals surface area contributed by atoms with Crippen LogP contribution in [0.2, 0.25) is 0 Å². The predicted octanol–water partition coefficient (Wildman–Crippen LogP) is 2.75. The molecule has 0 atom stereocenters. The van der Waals surface area contributed by atoms with Crippen LogP contribution in [0.3, 0.4) is 0 Å². The van der Waals surface area contributed by atoms with Crippen molar-refractivity contribution in [1.82, 2.24) is 9.97 Å². The molecule has 0 aliphatic heterocycles. The Labute approximate surface area is 112 Å². The molecule has 0 aliphatic rings. The van der Waals surface area contributed by atoms with Crippen LogP contribution in [0.5, 0.6) is 5.75 Å². The summed E-state index contributed by atoms with van der Waals surface area (Å²) in [5.41, 5.74) is 0.888. The topological polar surface area (TPSA) is 72.3 Å². The molecule has 2 rings (SSSR count). The van der Waals surface area contributed by atoms with Crippen LogP contribution >= 0.6 is 0 Å². The zero-order valence-electron chi connectivity index (χ0n) is 10.4. The number of hydrogen-bond donors (Lipinski definition) is 1. The summed E-state index contributed by atoms with van der Waals surface area (Å²) < 4.78 is 28.3. The smallest absolute Gasteiger partial charge is 0.387 e. The van der Waals surface area contributed by atoms with Gasteiger partial charge in [-0.2, -0.15) is 8.78 Å². The molecular formula is C13H10F2N2O3. The second-order valence-corrected chi connectivity index (χ2v) is 3.93. The van der Waals surface area contributed by atoms with E-state index in [2.05, 4.69) is 14.7 Å². The van der Waals surface area contributed by atoms with Crippen molar-refractivity contribution in [3.8, 4) is 17.1 Å². The highest BCUT2D eigenvalue weighted by Crippen LogP contribution is 2.21. The van der Waals surface area contributed by atoms with E-state index in [1.807, 2.05) is 0 Å². The lowest BCUT2D eigenvalue weighted by Crippen LogP contribution is -2.04. The largest absolute Gasteiger partial charge is 0.477 e. The van der Waals surface area contributed by atoms with Crippen LogP contribution < -0.4 is 4.74 Å². The Balaban J connectivity index is 2.34. The van der Waals surface area contributed by atoms with Crippen LogP contribution in [0.1, 0.15) is 16.2 Å². The first kappa shape index (κ1) is 13.9. The van der Waals surface area contributed by atoms with E-state index in [9.17, 15) is 13.6 Å². The first-order valence-corrected chi connectivity index (χ1v) is 5.60. The highest BCUT2D eigenvalue weighted by Gasteiger charge is 2.11. The van der Waals surface area contributed by atoms with E-state index < -0.39 is 12.6 Å². The summed E-state index contributed by atoms with van der Waals surface area (Å²) in [4.78, 5) is 18.9. The van der Waals surface area contributed by atoms with Crippen LogP contribution in [0.15, 0.2) is 30.3 Å². The van der Waals surface area contributed by atoms with Crippen LogP contribution in [0.4, 0.5) is 8.78 Å². The summed E-state index contributed by atoms with van der Waals surface area (Å²) in [6.45, 7) is -1.25. The summed E-state index contributed by atoms with van der Waals surface area (Å²) in [6, 6.07) is 7.00. The number of halogens is 2. The Morgan fingerprint density at radius 1 is 1.25 bits per heavy atom. The van der Waals surface area contributed by atoms with E-state index in [0.29, 0.717) is 11.3 Å². The summed E-state index contributed by atoms with van der Waals surface area (Å²) in [5, 5.41) is 8.93. The van der Waals surface area contributed by atoms with E-state index in [0.717, 1.165) is 0 Å².